The summed E-state index contributed by atoms with van der Waals surface area (Å²) in [4.78, 5) is 25.1. The predicted molar refractivity (Wildman–Crippen MR) is 84.2 cm³/mol. The number of anilines is 2. The number of hydrogen-bond acceptors (Lipinski definition) is 3. The zero-order chi connectivity index (χ0) is 16.8. The molecule has 0 aromatic heterocycles. The van der Waals surface area contributed by atoms with E-state index in [1.54, 1.807) is 18.2 Å². The molecule has 0 saturated heterocycles. The van der Waals surface area contributed by atoms with Crippen LogP contribution in [0, 0.1) is 17.1 Å². The van der Waals surface area contributed by atoms with Gasteiger partial charge in [0.1, 0.15) is 12.4 Å². The third kappa shape index (κ3) is 4.38. The molecular weight excluding hydrogens is 297 g/mol. The van der Waals surface area contributed by atoms with Gasteiger partial charge in [-0.25, -0.2) is 4.39 Å². The van der Waals surface area contributed by atoms with Crippen LogP contribution in [0.3, 0.4) is 0 Å². The van der Waals surface area contributed by atoms with Crippen LogP contribution in [0.2, 0.25) is 0 Å². The number of halogens is 1. The van der Waals surface area contributed by atoms with Crippen molar-refractivity contribution in [2.75, 3.05) is 16.8 Å². The minimum Gasteiger partial charge on any atom is -0.324 e. The van der Waals surface area contributed by atoms with Crippen molar-refractivity contribution >= 4 is 23.2 Å². The lowest BCUT2D eigenvalue weighted by Crippen LogP contribution is -2.36. The predicted octanol–water partition coefficient (Wildman–Crippen LogP) is 2.69. The highest BCUT2D eigenvalue weighted by Crippen LogP contribution is 2.16. The van der Waals surface area contributed by atoms with Gasteiger partial charge in [-0.15, -0.1) is 0 Å². The molecule has 0 spiro atoms. The number of nitrogens with zero attached hydrogens (tertiary/aromatic N) is 2. The fourth-order valence-electron chi connectivity index (χ4n) is 2.02. The number of nitriles is 1. The summed E-state index contributed by atoms with van der Waals surface area (Å²) in [6.45, 7) is 1.12. The minimum absolute atomic E-state index is 0.211. The Kier molecular flexibility index (Phi) is 5.05. The Bertz CT molecular complexity index is 766. The molecule has 2 amide bonds. The summed E-state index contributed by atoms with van der Waals surface area (Å²) in [5, 5.41) is 11.5. The van der Waals surface area contributed by atoms with Crippen molar-refractivity contribution < 1.29 is 14.0 Å². The lowest BCUT2D eigenvalue weighted by atomic mass is 10.2. The first-order valence-corrected chi connectivity index (χ1v) is 6.83. The molecule has 0 aliphatic carbocycles. The van der Waals surface area contributed by atoms with Gasteiger partial charge in [0.2, 0.25) is 11.8 Å². The number of carbonyl (C=O) groups is 2. The van der Waals surface area contributed by atoms with E-state index in [0.29, 0.717) is 16.9 Å². The molecule has 0 aliphatic rings. The quantitative estimate of drug-likeness (QED) is 0.943. The highest BCUT2D eigenvalue weighted by Gasteiger charge is 2.16. The average molecular weight is 311 g/mol. The second-order valence-electron chi connectivity index (χ2n) is 4.82. The van der Waals surface area contributed by atoms with Crippen LogP contribution in [0.25, 0.3) is 0 Å². The van der Waals surface area contributed by atoms with Crippen LogP contribution in [0.15, 0.2) is 48.5 Å². The monoisotopic (exact) mass is 311 g/mol. The van der Waals surface area contributed by atoms with Crippen LogP contribution in [0.4, 0.5) is 15.8 Å². The van der Waals surface area contributed by atoms with E-state index in [9.17, 15) is 14.0 Å². The molecule has 0 radical (unpaired) electrons. The molecule has 116 valence electrons. The lowest BCUT2D eigenvalue weighted by molar-refractivity contribution is -0.120. The van der Waals surface area contributed by atoms with Crippen molar-refractivity contribution in [1.82, 2.24) is 0 Å². The Morgan fingerprint density at radius 2 is 1.91 bits per heavy atom. The van der Waals surface area contributed by atoms with Gasteiger partial charge in [0.05, 0.1) is 11.6 Å². The second kappa shape index (κ2) is 7.18. The molecule has 2 aromatic rings. The van der Waals surface area contributed by atoms with E-state index in [1.807, 2.05) is 6.07 Å². The zero-order valence-electron chi connectivity index (χ0n) is 12.4. The van der Waals surface area contributed by atoms with Gasteiger partial charge in [-0.2, -0.15) is 5.26 Å². The van der Waals surface area contributed by atoms with Crippen LogP contribution in [0.5, 0.6) is 0 Å². The Hall–Kier alpha value is -3.20. The summed E-state index contributed by atoms with van der Waals surface area (Å²) in [6.07, 6.45) is 0. The molecule has 0 bridgehead atoms. The first-order valence-electron chi connectivity index (χ1n) is 6.83. The number of carbonyl (C=O) groups excluding carboxylic acids is 2. The summed E-state index contributed by atoms with van der Waals surface area (Å²) in [7, 11) is 0. The molecule has 0 aliphatic heterocycles. The molecule has 0 heterocycles. The molecule has 2 rings (SSSR count). The fourth-order valence-corrected chi connectivity index (χ4v) is 2.02. The molecular formula is C17H14FN3O2. The van der Waals surface area contributed by atoms with Crippen LogP contribution in [-0.2, 0) is 9.59 Å². The third-order valence-electron chi connectivity index (χ3n) is 3.10. The molecule has 2 aromatic carbocycles. The highest BCUT2D eigenvalue weighted by atomic mass is 19.1. The Morgan fingerprint density at radius 3 is 2.52 bits per heavy atom. The highest BCUT2D eigenvalue weighted by molar-refractivity contribution is 6.01. The number of hydrogen-bond donors (Lipinski definition) is 1. The van der Waals surface area contributed by atoms with Gasteiger partial charge in [-0.05, 0) is 42.5 Å². The van der Waals surface area contributed by atoms with Crippen LogP contribution >= 0.6 is 0 Å². The number of nitrogens with one attached hydrogen (secondary N) is 1. The topological polar surface area (TPSA) is 73.2 Å². The first kappa shape index (κ1) is 16.2. The van der Waals surface area contributed by atoms with E-state index in [2.05, 4.69) is 5.32 Å². The fraction of sp³-hybridized carbons (Fsp3) is 0.118. The number of benzene rings is 2. The molecule has 1 N–H and O–H groups in total. The molecule has 23 heavy (non-hydrogen) atoms. The SMILES string of the molecule is CC(=O)N(CC(=O)Nc1cccc(C#N)c1)c1ccc(F)cc1. The van der Waals surface area contributed by atoms with Gasteiger partial charge < -0.3 is 10.2 Å². The smallest absolute Gasteiger partial charge is 0.244 e. The first-order chi connectivity index (χ1) is 11.0. The minimum atomic E-state index is -0.421. The van der Waals surface area contributed by atoms with E-state index in [-0.39, 0.29) is 12.5 Å². The third-order valence-corrected chi connectivity index (χ3v) is 3.10. The van der Waals surface area contributed by atoms with Crippen molar-refractivity contribution in [3.63, 3.8) is 0 Å². The van der Waals surface area contributed by atoms with E-state index < -0.39 is 11.7 Å². The van der Waals surface area contributed by atoms with E-state index in [0.717, 1.165) is 0 Å². The van der Waals surface area contributed by atoms with E-state index >= 15 is 0 Å². The molecule has 6 heteroatoms. The Balaban J connectivity index is 2.10. The van der Waals surface area contributed by atoms with Crippen LogP contribution < -0.4 is 10.2 Å². The molecule has 0 atom stereocenters. The summed E-state index contributed by atoms with van der Waals surface area (Å²) >= 11 is 0. The van der Waals surface area contributed by atoms with E-state index in [1.165, 1.54) is 42.2 Å². The molecule has 0 unspecified atom stereocenters. The molecule has 0 saturated carbocycles. The maximum absolute atomic E-state index is 13.0. The van der Waals surface area contributed by atoms with Crippen LogP contribution in [0.1, 0.15) is 12.5 Å². The summed E-state index contributed by atoms with van der Waals surface area (Å²) in [6, 6.07) is 13.7. The summed E-state index contributed by atoms with van der Waals surface area (Å²) in [5.74, 6) is -1.17. The lowest BCUT2D eigenvalue weighted by Gasteiger charge is -2.20. The normalized spacial score (nSPS) is 9.78. The largest absolute Gasteiger partial charge is 0.324 e. The summed E-state index contributed by atoms with van der Waals surface area (Å²) < 4.78 is 13.0. The molecule has 5 nitrogen and oxygen atoms in total. The summed E-state index contributed by atoms with van der Waals surface area (Å²) in [5.41, 5.74) is 1.32. The van der Waals surface area contributed by atoms with Crippen molar-refractivity contribution in [2.24, 2.45) is 0 Å². The molecule has 0 fully saturated rings. The van der Waals surface area contributed by atoms with Crippen molar-refractivity contribution in [3.05, 3.63) is 59.9 Å². The Labute approximate surface area is 133 Å². The van der Waals surface area contributed by atoms with Gasteiger partial charge in [0.25, 0.3) is 0 Å². The van der Waals surface area contributed by atoms with Gasteiger partial charge in [0, 0.05) is 18.3 Å². The number of rotatable bonds is 4. The standard InChI is InChI=1S/C17H14FN3O2/c1-12(22)21(16-7-5-14(18)6-8-16)11-17(23)20-15-4-2-3-13(9-15)10-19/h2-9H,11H2,1H3,(H,20,23). The van der Waals surface area contributed by atoms with E-state index in [4.69, 9.17) is 5.26 Å². The number of amides is 2. The average Bonchev–Trinajstić information content (AvgIpc) is 2.53. The van der Waals surface area contributed by atoms with Gasteiger partial charge in [-0.1, -0.05) is 6.07 Å². The zero-order valence-corrected chi connectivity index (χ0v) is 12.4. The van der Waals surface area contributed by atoms with Crippen molar-refractivity contribution in [2.45, 2.75) is 6.92 Å². The van der Waals surface area contributed by atoms with Crippen LogP contribution in [-0.4, -0.2) is 18.4 Å². The van der Waals surface area contributed by atoms with Crippen molar-refractivity contribution in [3.8, 4) is 6.07 Å². The second-order valence-corrected chi connectivity index (χ2v) is 4.82. The van der Waals surface area contributed by atoms with Gasteiger partial charge in [-0.3, -0.25) is 9.59 Å². The van der Waals surface area contributed by atoms with Gasteiger partial charge in [0.15, 0.2) is 0 Å². The van der Waals surface area contributed by atoms with Gasteiger partial charge >= 0.3 is 0 Å². The Morgan fingerprint density at radius 1 is 1.22 bits per heavy atom. The maximum atomic E-state index is 13.0. The van der Waals surface area contributed by atoms with Crippen molar-refractivity contribution in [1.29, 1.82) is 5.26 Å². The maximum Gasteiger partial charge on any atom is 0.244 e.